The summed E-state index contributed by atoms with van der Waals surface area (Å²) in [5, 5.41) is 2.89. The molecule has 1 amide bonds. The molecule has 0 heterocycles. The molecule has 0 saturated heterocycles. The van der Waals surface area contributed by atoms with Crippen molar-refractivity contribution in [2.24, 2.45) is 0 Å². The van der Waals surface area contributed by atoms with Crippen LogP contribution in [0.15, 0.2) is 48.5 Å². The van der Waals surface area contributed by atoms with Crippen LogP contribution in [0.25, 0.3) is 0 Å². The summed E-state index contributed by atoms with van der Waals surface area (Å²) in [6.07, 6.45) is 0.399. The number of nitrogens with one attached hydrogen (secondary N) is 1. The molecular weight excluding hydrogens is 262 g/mol. The van der Waals surface area contributed by atoms with Crippen molar-refractivity contribution in [2.75, 3.05) is 5.32 Å². The highest BCUT2D eigenvalue weighted by atomic mass is 16.5. The number of ether oxygens (including phenoxy) is 1. The molecule has 1 N–H and O–H groups in total. The van der Waals surface area contributed by atoms with Crippen molar-refractivity contribution in [3.05, 3.63) is 59.7 Å². The van der Waals surface area contributed by atoms with E-state index in [1.54, 1.807) is 6.92 Å². The topological polar surface area (TPSA) is 38.3 Å². The first-order valence-electron chi connectivity index (χ1n) is 7.21. The van der Waals surface area contributed by atoms with Crippen LogP contribution in [-0.4, -0.2) is 12.0 Å². The van der Waals surface area contributed by atoms with Gasteiger partial charge in [-0.05, 0) is 55.7 Å². The Labute approximate surface area is 126 Å². The van der Waals surface area contributed by atoms with E-state index in [1.807, 2.05) is 55.5 Å². The second-order valence-corrected chi connectivity index (χ2v) is 5.12. The predicted molar refractivity (Wildman–Crippen MR) is 85.7 cm³/mol. The molecule has 2 aromatic rings. The molecule has 1 atom stereocenters. The highest BCUT2D eigenvalue weighted by Crippen LogP contribution is 2.16. The number of hydrogen-bond donors (Lipinski definition) is 1. The third-order valence-corrected chi connectivity index (χ3v) is 3.27. The summed E-state index contributed by atoms with van der Waals surface area (Å²) >= 11 is 0. The van der Waals surface area contributed by atoms with Crippen LogP contribution in [0.5, 0.6) is 5.75 Å². The molecule has 0 spiro atoms. The van der Waals surface area contributed by atoms with E-state index in [4.69, 9.17) is 4.74 Å². The number of anilines is 1. The van der Waals surface area contributed by atoms with Gasteiger partial charge in [0.25, 0.3) is 5.91 Å². The molecule has 0 saturated carbocycles. The SMILES string of the molecule is CCc1cccc(NC(=O)[C@H](C)Oc2cccc(C)c2)c1. The molecule has 0 aliphatic rings. The van der Waals surface area contributed by atoms with Crippen molar-refractivity contribution in [3.63, 3.8) is 0 Å². The fourth-order valence-electron chi connectivity index (χ4n) is 2.06. The summed E-state index contributed by atoms with van der Waals surface area (Å²) in [5.74, 6) is 0.560. The van der Waals surface area contributed by atoms with Crippen LogP contribution < -0.4 is 10.1 Å². The first-order valence-corrected chi connectivity index (χ1v) is 7.21. The summed E-state index contributed by atoms with van der Waals surface area (Å²) in [5.41, 5.74) is 3.11. The summed E-state index contributed by atoms with van der Waals surface area (Å²) in [6, 6.07) is 15.5. The van der Waals surface area contributed by atoms with Crippen molar-refractivity contribution in [3.8, 4) is 5.75 Å². The highest BCUT2D eigenvalue weighted by Gasteiger charge is 2.15. The number of hydrogen-bond acceptors (Lipinski definition) is 2. The van der Waals surface area contributed by atoms with Gasteiger partial charge in [-0.1, -0.05) is 31.2 Å². The Hall–Kier alpha value is -2.29. The molecule has 0 aromatic heterocycles. The van der Waals surface area contributed by atoms with Gasteiger partial charge in [-0.25, -0.2) is 0 Å². The quantitative estimate of drug-likeness (QED) is 0.902. The molecule has 0 fully saturated rings. The second kappa shape index (κ2) is 6.93. The van der Waals surface area contributed by atoms with E-state index in [2.05, 4.69) is 12.2 Å². The average molecular weight is 283 g/mol. The number of aryl methyl sites for hydroxylation is 2. The van der Waals surface area contributed by atoms with Gasteiger partial charge < -0.3 is 10.1 Å². The molecule has 3 heteroatoms. The van der Waals surface area contributed by atoms with E-state index in [9.17, 15) is 4.79 Å². The lowest BCUT2D eigenvalue weighted by atomic mass is 10.1. The van der Waals surface area contributed by atoms with Crippen LogP contribution in [0.4, 0.5) is 5.69 Å². The van der Waals surface area contributed by atoms with Crippen LogP contribution >= 0.6 is 0 Å². The zero-order valence-electron chi connectivity index (χ0n) is 12.7. The molecule has 0 unspecified atom stereocenters. The molecule has 0 aliphatic carbocycles. The minimum Gasteiger partial charge on any atom is -0.481 e. The highest BCUT2D eigenvalue weighted by molar-refractivity contribution is 5.94. The van der Waals surface area contributed by atoms with Gasteiger partial charge in [-0.15, -0.1) is 0 Å². The molecule has 110 valence electrons. The van der Waals surface area contributed by atoms with Gasteiger partial charge in [0, 0.05) is 5.69 Å². The van der Waals surface area contributed by atoms with Gasteiger partial charge in [-0.3, -0.25) is 4.79 Å². The van der Waals surface area contributed by atoms with Gasteiger partial charge in [0.2, 0.25) is 0 Å². The van der Waals surface area contributed by atoms with Crippen molar-refractivity contribution < 1.29 is 9.53 Å². The molecule has 0 aliphatic heterocycles. The fourth-order valence-corrected chi connectivity index (χ4v) is 2.06. The number of benzene rings is 2. The summed E-state index contributed by atoms with van der Waals surface area (Å²) in [4.78, 5) is 12.2. The monoisotopic (exact) mass is 283 g/mol. The lowest BCUT2D eigenvalue weighted by molar-refractivity contribution is -0.122. The predicted octanol–water partition coefficient (Wildman–Crippen LogP) is 3.96. The van der Waals surface area contributed by atoms with E-state index >= 15 is 0 Å². The molecule has 2 aromatic carbocycles. The first kappa shape index (κ1) is 15.1. The van der Waals surface area contributed by atoms with Crippen LogP contribution in [0.2, 0.25) is 0 Å². The Bertz CT molecular complexity index is 622. The van der Waals surface area contributed by atoms with E-state index in [0.717, 1.165) is 17.7 Å². The van der Waals surface area contributed by atoms with Gasteiger partial charge in [0.05, 0.1) is 0 Å². The van der Waals surface area contributed by atoms with Gasteiger partial charge in [0.1, 0.15) is 5.75 Å². The van der Waals surface area contributed by atoms with Crippen molar-refractivity contribution in [1.82, 2.24) is 0 Å². The standard InChI is InChI=1S/C18H21NO2/c1-4-15-8-6-9-16(12-15)19-18(20)14(3)21-17-10-5-7-13(2)11-17/h5-12,14H,4H2,1-3H3,(H,19,20)/t14-/m0/s1. The first-order chi connectivity index (χ1) is 10.1. The molecule has 3 nitrogen and oxygen atoms in total. The summed E-state index contributed by atoms with van der Waals surface area (Å²) in [7, 11) is 0. The van der Waals surface area contributed by atoms with Crippen LogP contribution in [0, 0.1) is 6.92 Å². The minimum atomic E-state index is -0.544. The van der Waals surface area contributed by atoms with Gasteiger partial charge in [-0.2, -0.15) is 0 Å². The van der Waals surface area contributed by atoms with Gasteiger partial charge >= 0.3 is 0 Å². The van der Waals surface area contributed by atoms with Crippen molar-refractivity contribution in [2.45, 2.75) is 33.3 Å². The van der Waals surface area contributed by atoms with E-state index in [-0.39, 0.29) is 5.91 Å². The maximum atomic E-state index is 12.2. The van der Waals surface area contributed by atoms with E-state index in [0.29, 0.717) is 5.75 Å². The normalized spacial score (nSPS) is 11.8. The Morgan fingerprint density at radius 2 is 1.95 bits per heavy atom. The van der Waals surface area contributed by atoms with E-state index < -0.39 is 6.10 Å². The number of carbonyl (C=O) groups is 1. The number of carbonyl (C=O) groups excluding carboxylic acids is 1. The van der Waals surface area contributed by atoms with Crippen molar-refractivity contribution >= 4 is 11.6 Å². The minimum absolute atomic E-state index is 0.148. The maximum Gasteiger partial charge on any atom is 0.265 e. The molecule has 0 bridgehead atoms. The number of amides is 1. The van der Waals surface area contributed by atoms with Crippen LogP contribution in [0.3, 0.4) is 0 Å². The average Bonchev–Trinajstić information content (AvgIpc) is 2.47. The lowest BCUT2D eigenvalue weighted by Crippen LogP contribution is -2.30. The zero-order valence-corrected chi connectivity index (χ0v) is 12.7. The fraction of sp³-hybridized carbons (Fsp3) is 0.278. The Kier molecular flexibility index (Phi) is 4.99. The zero-order chi connectivity index (χ0) is 15.2. The third-order valence-electron chi connectivity index (χ3n) is 3.27. The third kappa shape index (κ3) is 4.35. The molecule has 2 rings (SSSR count). The smallest absolute Gasteiger partial charge is 0.265 e. The molecule has 21 heavy (non-hydrogen) atoms. The Morgan fingerprint density at radius 1 is 1.19 bits per heavy atom. The van der Waals surface area contributed by atoms with Crippen LogP contribution in [-0.2, 0) is 11.2 Å². The summed E-state index contributed by atoms with van der Waals surface area (Å²) in [6.45, 7) is 5.83. The number of rotatable bonds is 5. The largest absolute Gasteiger partial charge is 0.481 e. The maximum absolute atomic E-state index is 12.2. The molecular formula is C18H21NO2. The Morgan fingerprint density at radius 3 is 2.67 bits per heavy atom. The van der Waals surface area contributed by atoms with Gasteiger partial charge in [0.15, 0.2) is 6.10 Å². The van der Waals surface area contributed by atoms with Crippen LogP contribution in [0.1, 0.15) is 25.0 Å². The lowest BCUT2D eigenvalue weighted by Gasteiger charge is -2.15. The van der Waals surface area contributed by atoms with E-state index in [1.165, 1.54) is 5.56 Å². The molecule has 0 radical (unpaired) electrons. The summed E-state index contributed by atoms with van der Waals surface area (Å²) < 4.78 is 5.67. The Balaban J connectivity index is 1.99. The second-order valence-electron chi connectivity index (χ2n) is 5.12. The van der Waals surface area contributed by atoms with Crippen molar-refractivity contribution in [1.29, 1.82) is 0 Å².